The quantitative estimate of drug-likeness (QED) is 0.853. The molecule has 1 atom stereocenters. The van der Waals surface area contributed by atoms with Gasteiger partial charge in [0, 0.05) is 43.3 Å². The molecule has 2 rings (SSSR count). The zero-order chi connectivity index (χ0) is 12.1. The van der Waals surface area contributed by atoms with Gasteiger partial charge in [-0.3, -0.25) is 0 Å². The summed E-state index contributed by atoms with van der Waals surface area (Å²) in [6.45, 7) is 3.19. The van der Waals surface area contributed by atoms with Crippen molar-refractivity contribution in [1.82, 2.24) is 14.9 Å². The van der Waals surface area contributed by atoms with Crippen molar-refractivity contribution in [2.45, 2.75) is 25.8 Å². The van der Waals surface area contributed by atoms with Gasteiger partial charge in [-0.05, 0) is 17.9 Å². The van der Waals surface area contributed by atoms with E-state index in [9.17, 15) is 0 Å². The van der Waals surface area contributed by atoms with E-state index in [1.807, 2.05) is 30.8 Å². The Labute approximate surface area is 107 Å². The van der Waals surface area contributed by atoms with Gasteiger partial charge in [-0.2, -0.15) is 0 Å². The molecule has 0 saturated carbocycles. The van der Waals surface area contributed by atoms with E-state index in [-0.39, 0.29) is 0 Å². The average molecular weight is 249 g/mol. The maximum absolute atomic E-state index is 4.33. The van der Waals surface area contributed by atoms with Crippen molar-refractivity contribution in [3.63, 3.8) is 0 Å². The van der Waals surface area contributed by atoms with Gasteiger partial charge < -0.3 is 9.88 Å². The van der Waals surface area contributed by atoms with Crippen LogP contribution in [0.3, 0.4) is 0 Å². The number of thiophene rings is 1. The predicted octanol–water partition coefficient (Wildman–Crippen LogP) is 2.77. The number of nitrogens with one attached hydrogen (secondary N) is 1. The minimum atomic E-state index is 0.482. The van der Waals surface area contributed by atoms with Crippen LogP contribution in [0.25, 0.3) is 0 Å². The van der Waals surface area contributed by atoms with Gasteiger partial charge in [-0.1, -0.05) is 13.0 Å². The number of hydrogen-bond donors (Lipinski definition) is 1. The first-order valence-electron chi connectivity index (χ1n) is 6.04. The van der Waals surface area contributed by atoms with E-state index in [1.54, 1.807) is 0 Å². The van der Waals surface area contributed by atoms with Crippen molar-refractivity contribution < 1.29 is 0 Å². The van der Waals surface area contributed by atoms with Crippen LogP contribution in [0.1, 0.15) is 30.1 Å². The first-order chi connectivity index (χ1) is 8.31. The molecule has 0 radical (unpaired) electrons. The third kappa shape index (κ3) is 3.17. The predicted molar refractivity (Wildman–Crippen MR) is 72.3 cm³/mol. The zero-order valence-corrected chi connectivity index (χ0v) is 11.2. The molecule has 92 valence electrons. The lowest BCUT2D eigenvalue weighted by Gasteiger charge is -2.15. The Morgan fingerprint density at radius 1 is 1.53 bits per heavy atom. The van der Waals surface area contributed by atoms with Crippen molar-refractivity contribution in [3.05, 3.63) is 40.6 Å². The third-order valence-electron chi connectivity index (χ3n) is 2.96. The van der Waals surface area contributed by atoms with Crippen LogP contribution >= 0.6 is 11.3 Å². The van der Waals surface area contributed by atoms with Crippen molar-refractivity contribution in [1.29, 1.82) is 0 Å². The molecule has 0 fully saturated rings. The van der Waals surface area contributed by atoms with Gasteiger partial charge in [0.25, 0.3) is 0 Å². The van der Waals surface area contributed by atoms with Crippen LogP contribution in [0.5, 0.6) is 0 Å². The summed E-state index contributed by atoms with van der Waals surface area (Å²) in [5.41, 5.74) is 0. The minimum absolute atomic E-state index is 0.482. The number of aromatic nitrogens is 2. The first-order valence-corrected chi connectivity index (χ1v) is 6.92. The smallest absolute Gasteiger partial charge is 0.109 e. The molecule has 2 heterocycles. The second kappa shape index (κ2) is 5.98. The monoisotopic (exact) mass is 249 g/mol. The van der Waals surface area contributed by atoms with Crippen molar-refractivity contribution >= 4 is 11.3 Å². The molecule has 0 aliphatic heterocycles. The fourth-order valence-corrected chi connectivity index (χ4v) is 2.82. The molecule has 0 aliphatic rings. The first kappa shape index (κ1) is 12.3. The standard InChI is InChI=1S/C13H19N3S/c1-3-11(12-5-4-10-17-12)14-7-6-13-15-8-9-16(13)2/h4-5,8-11,14H,3,6-7H2,1-2H3. The van der Waals surface area contributed by atoms with Gasteiger partial charge in [0.2, 0.25) is 0 Å². The van der Waals surface area contributed by atoms with Gasteiger partial charge in [0.15, 0.2) is 0 Å². The lowest BCUT2D eigenvalue weighted by Crippen LogP contribution is -2.23. The molecule has 2 aromatic rings. The molecule has 0 aromatic carbocycles. The second-order valence-electron chi connectivity index (χ2n) is 4.13. The summed E-state index contributed by atoms with van der Waals surface area (Å²) in [6.07, 6.45) is 5.95. The molecule has 0 bridgehead atoms. The molecule has 17 heavy (non-hydrogen) atoms. The summed E-state index contributed by atoms with van der Waals surface area (Å²) in [4.78, 5) is 5.75. The Balaban J connectivity index is 1.83. The van der Waals surface area contributed by atoms with Crippen LogP contribution in [-0.2, 0) is 13.5 Å². The molecule has 1 unspecified atom stereocenters. The average Bonchev–Trinajstić information content (AvgIpc) is 2.97. The van der Waals surface area contributed by atoms with E-state index in [0.29, 0.717) is 6.04 Å². The molecule has 1 N–H and O–H groups in total. The highest BCUT2D eigenvalue weighted by Crippen LogP contribution is 2.21. The van der Waals surface area contributed by atoms with E-state index in [4.69, 9.17) is 0 Å². The molecule has 0 aliphatic carbocycles. The number of rotatable bonds is 6. The molecule has 3 nitrogen and oxygen atoms in total. The van der Waals surface area contributed by atoms with E-state index < -0.39 is 0 Å². The largest absolute Gasteiger partial charge is 0.338 e. The fourth-order valence-electron chi connectivity index (χ4n) is 1.93. The molecule has 2 aromatic heterocycles. The van der Waals surface area contributed by atoms with Gasteiger partial charge in [0.05, 0.1) is 0 Å². The summed E-state index contributed by atoms with van der Waals surface area (Å²) >= 11 is 1.82. The van der Waals surface area contributed by atoms with Gasteiger partial charge in [-0.15, -0.1) is 11.3 Å². The lowest BCUT2D eigenvalue weighted by atomic mass is 10.2. The third-order valence-corrected chi connectivity index (χ3v) is 3.94. The molecular formula is C13H19N3S. The van der Waals surface area contributed by atoms with E-state index in [0.717, 1.165) is 25.2 Å². The maximum Gasteiger partial charge on any atom is 0.109 e. The minimum Gasteiger partial charge on any atom is -0.338 e. The number of hydrogen-bond acceptors (Lipinski definition) is 3. The Morgan fingerprint density at radius 3 is 3.00 bits per heavy atom. The maximum atomic E-state index is 4.33. The summed E-state index contributed by atoms with van der Waals surface area (Å²) in [5.74, 6) is 1.14. The molecule has 0 saturated heterocycles. The highest BCUT2D eigenvalue weighted by molar-refractivity contribution is 7.10. The SMILES string of the molecule is CCC(NCCc1nccn1C)c1cccs1. The summed E-state index contributed by atoms with van der Waals surface area (Å²) in [7, 11) is 2.04. The van der Waals surface area contributed by atoms with Crippen LogP contribution in [0.4, 0.5) is 0 Å². The summed E-state index contributed by atoms with van der Waals surface area (Å²) in [6, 6.07) is 4.80. The number of imidazole rings is 1. The highest BCUT2D eigenvalue weighted by Gasteiger charge is 2.09. The lowest BCUT2D eigenvalue weighted by molar-refractivity contribution is 0.522. The van der Waals surface area contributed by atoms with Crippen LogP contribution in [-0.4, -0.2) is 16.1 Å². The van der Waals surface area contributed by atoms with Crippen molar-refractivity contribution in [2.75, 3.05) is 6.54 Å². The molecule has 0 spiro atoms. The van der Waals surface area contributed by atoms with Crippen molar-refractivity contribution in [2.24, 2.45) is 7.05 Å². The van der Waals surface area contributed by atoms with Crippen LogP contribution < -0.4 is 5.32 Å². The summed E-state index contributed by atoms with van der Waals surface area (Å²) in [5, 5.41) is 5.73. The van der Waals surface area contributed by atoms with E-state index in [2.05, 4.69) is 39.3 Å². The molecule has 0 amide bonds. The van der Waals surface area contributed by atoms with Gasteiger partial charge >= 0.3 is 0 Å². The Hall–Kier alpha value is -1.13. The van der Waals surface area contributed by atoms with Crippen LogP contribution in [0, 0.1) is 0 Å². The van der Waals surface area contributed by atoms with Gasteiger partial charge in [0.1, 0.15) is 5.82 Å². The fraction of sp³-hybridized carbons (Fsp3) is 0.462. The van der Waals surface area contributed by atoms with Crippen LogP contribution in [0.15, 0.2) is 29.9 Å². The second-order valence-corrected chi connectivity index (χ2v) is 5.11. The number of nitrogens with zero attached hydrogens (tertiary/aromatic N) is 2. The molecular weight excluding hydrogens is 230 g/mol. The topological polar surface area (TPSA) is 29.9 Å². The van der Waals surface area contributed by atoms with E-state index in [1.165, 1.54) is 4.88 Å². The van der Waals surface area contributed by atoms with Gasteiger partial charge in [-0.25, -0.2) is 4.98 Å². The highest BCUT2D eigenvalue weighted by atomic mass is 32.1. The normalized spacial score (nSPS) is 12.8. The zero-order valence-electron chi connectivity index (χ0n) is 10.4. The molecule has 4 heteroatoms. The Bertz CT molecular complexity index is 433. The summed E-state index contributed by atoms with van der Waals surface area (Å²) < 4.78 is 2.08. The van der Waals surface area contributed by atoms with Crippen molar-refractivity contribution in [3.8, 4) is 0 Å². The Morgan fingerprint density at radius 2 is 2.41 bits per heavy atom. The Kier molecular flexibility index (Phi) is 4.34. The number of aryl methyl sites for hydroxylation is 1. The van der Waals surface area contributed by atoms with Crippen LogP contribution in [0.2, 0.25) is 0 Å². The van der Waals surface area contributed by atoms with E-state index >= 15 is 0 Å².